The molecule has 0 aliphatic carbocycles. The van der Waals surface area contributed by atoms with Gasteiger partial charge < -0.3 is 9.84 Å². The molecule has 1 rings (SSSR count). The van der Waals surface area contributed by atoms with Crippen molar-refractivity contribution in [1.29, 1.82) is 0 Å². The van der Waals surface area contributed by atoms with Crippen molar-refractivity contribution in [3.05, 3.63) is 11.9 Å². The first-order valence-corrected chi connectivity index (χ1v) is 4.26. The molecular weight excluding hydrogens is 170 g/mol. The largest absolute Gasteiger partial charge is 0.384 e. The van der Waals surface area contributed by atoms with E-state index in [1.807, 2.05) is 6.92 Å². The second-order valence-electron chi connectivity index (χ2n) is 2.91. The molecule has 2 atom stereocenters. The lowest BCUT2D eigenvalue weighted by atomic mass is 10.1. The zero-order valence-electron chi connectivity index (χ0n) is 8.14. The van der Waals surface area contributed by atoms with Gasteiger partial charge in [-0.15, -0.1) is 5.10 Å². The van der Waals surface area contributed by atoms with E-state index in [1.165, 1.54) is 0 Å². The minimum absolute atomic E-state index is 0.197. The van der Waals surface area contributed by atoms with E-state index in [-0.39, 0.29) is 6.10 Å². The fourth-order valence-electron chi connectivity index (χ4n) is 1.27. The Hall–Kier alpha value is -0.940. The van der Waals surface area contributed by atoms with Gasteiger partial charge in [-0.3, -0.25) is 0 Å². The Morgan fingerprint density at radius 1 is 1.69 bits per heavy atom. The number of rotatable bonds is 4. The molecule has 0 saturated carbocycles. The maximum Gasteiger partial charge on any atom is 0.123 e. The van der Waals surface area contributed by atoms with Crippen LogP contribution in [0.2, 0.25) is 0 Å². The van der Waals surface area contributed by atoms with Crippen LogP contribution in [0.25, 0.3) is 0 Å². The van der Waals surface area contributed by atoms with Gasteiger partial charge >= 0.3 is 0 Å². The van der Waals surface area contributed by atoms with E-state index in [9.17, 15) is 5.11 Å². The number of aryl methyl sites for hydroxylation is 1. The SMILES string of the molecule is CCC(OC)C(O)c1cnnn1C. The van der Waals surface area contributed by atoms with Crippen LogP contribution in [0.3, 0.4) is 0 Å². The minimum Gasteiger partial charge on any atom is -0.384 e. The number of aliphatic hydroxyl groups is 1. The standard InChI is InChI=1S/C8H15N3O2/c1-4-7(13-3)8(12)6-5-9-10-11(6)2/h5,7-8,12H,4H2,1-3H3. The molecule has 5 nitrogen and oxygen atoms in total. The fraction of sp³-hybridized carbons (Fsp3) is 0.750. The van der Waals surface area contributed by atoms with Crippen LogP contribution in [0.4, 0.5) is 0 Å². The summed E-state index contributed by atoms with van der Waals surface area (Å²) in [5.74, 6) is 0. The fourth-order valence-corrected chi connectivity index (χ4v) is 1.27. The zero-order chi connectivity index (χ0) is 9.84. The van der Waals surface area contributed by atoms with Gasteiger partial charge in [0.15, 0.2) is 0 Å². The Morgan fingerprint density at radius 2 is 2.38 bits per heavy atom. The van der Waals surface area contributed by atoms with Gasteiger partial charge in [-0.05, 0) is 6.42 Å². The van der Waals surface area contributed by atoms with Crippen molar-refractivity contribution in [2.24, 2.45) is 7.05 Å². The molecule has 0 radical (unpaired) electrons. The summed E-state index contributed by atoms with van der Waals surface area (Å²) in [5.41, 5.74) is 0.675. The molecular formula is C8H15N3O2. The smallest absolute Gasteiger partial charge is 0.123 e. The highest BCUT2D eigenvalue weighted by atomic mass is 16.5. The molecule has 0 aliphatic rings. The number of hydrogen-bond acceptors (Lipinski definition) is 4. The van der Waals surface area contributed by atoms with Crippen LogP contribution < -0.4 is 0 Å². The number of nitrogens with zero attached hydrogens (tertiary/aromatic N) is 3. The highest BCUT2D eigenvalue weighted by Crippen LogP contribution is 2.18. The summed E-state index contributed by atoms with van der Waals surface area (Å²) < 4.78 is 6.67. The van der Waals surface area contributed by atoms with E-state index >= 15 is 0 Å². The number of methoxy groups -OCH3 is 1. The summed E-state index contributed by atoms with van der Waals surface area (Å²) in [7, 11) is 3.33. The van der Waals surface area contributed by atoms with E-state index in [0.29, 0.717) is 5.69 Å². The van der Waals surface area contributed by atoms with Crippen molar-refractivity contribution in [3.8, 4) is 0 Å². The Bertz CT molecular complexity index is 258. The van der Waals surface area contributed by atoms with Gasteiger partial charge in [-0.1, -0.05) is 12.1 Å². The van der Waals surface area contributed by atoms with E-state index in [4.69, 9.17) is 4.74 Å². The quantitative estimate of drug-likeness (QED) is 0.731. The molecule has 1 aromatic heterocycles. The first-order valence-electron chi connectivity index (χ1n) is 4.26. The van der Waals surface area contributed by atoms with Crippen LogP contribution in [-0.2, 0) is 11.8 Å². The summed E-state index contributed by atoms with van der Waals surface area (Å²) >= 11 is 0. The molecule has 0 aliphatic heterocycles. The van der Waals surface area contributed by atoms with E-state index in [1.54, 1.807) is 25.0 Å². The third-order valence-corrected chi connectivity index (χ3v) is 2.11. The van der Waals surface area contributed by atoms with Crippen LogP contribution >= 0.6 is 0 Å². The van der Waals surface area contributed by atoms with Crippen molar-refractivity contribution in [2.45, 2.75) is 25.6 Å². The molecule has 0 saturated heterocycles. The predicted molar refractivity (Wildman–Crippen MR) is 47.1 cm³/mol. The van der Waals surface area contributed by atoms with Crippen molar-refractivity contribution in [1.82, 2.24) is 15.0 Å². The summed E-state index contributed by atoms with van der Waals surface area (Å²) in [5, 5.41) is 17.3. The summed E-state index contributed by atoms with van der Waals surface area (Å²) in [4.78, 5) is 0. The molecule has 0 aromatic carbocycles. The monoisotopic (exact) mass is 185 g/mol. The molecule has 13 heavy (non-hydrogen) atoms. The molecule has 0 amide bonds. The molecule has 2 unspecified atom stereocenters. The van der Waals surface area contributed by atoms with Crippen molar-refractivity contribution >= 4 is 0 Å². The Labute approximate surface area is 77.3 Å². The molecule has 74 valence electrons. The second-order valence-corrected chi connectivity index (χ2v) is 2.91. The van der Waals surface area contributed by atoms with Gasteiger partial charge in [0.25, 0.3) is 0 Å². The molecule has 0 spiro atoms. The van der Waals surface area contributed by atoms with Gasteiger partial charge in [0.05, 0.1) is 18.0 Å². The van der Waals surface area contributed by atoms with Gasteiger partial charge in [0, 0.05) is 14.2 Å². The Kier molecular flexibility index (Phi) is 3.39. The molecule has 1 N–H and O–H groups in total. The van der Waals surface area contributed by atoms with Crippen LogP contribution in [0.5, 0.6) is 0 Å². The van der Waals surface area contributed by atoms with Crippen molar-refractivity contribution in [2.75, 3.05) is 7.11 Å². The van der Waals surface area contributed by atoms with Crippen molar-refractivity contribution in [3.63, 3.8) is 0 Å². The maximum absolute atomic E-state index is 9.82. The van der Waals surface area contributed by atoms with Gasteiger partial charge in [0.1, 0.15) is 6.10 Å². The number of aliphatic hydroxyl groups excluding tert-OH is 1. The summed E-state index contributed by atoms with van der Waals surface area (Å²) in [6.07, 6.45) is 1.45. The average molecular weight is 185 g/mol. The molecule has 1 aromatic rings. The van der Waals surface area contributed by atoms with Crippen LogP contribution in [0.1, 0.15) is 25.1 Å². The van der Waals surface area contributed by atoms with Gasteiger partial charge in [-0.2, -0.15) is 0 Å². The number of aromatic nitrogens is 3. The molecule has 0 bridgehead atoms. The summed E-state index contributed by atoms with van der Waals surface area (Å²) in [6.45, 7) is 1.96. The predicted octanol–water partition coefficient (Wildman–Crippen LogP) is 0.273. The minimum atomic E-state index is -0.657. The first kappa shape index (κ1) is 10.1. The molecule has 5 heteroatoms. The lowest BCUT2D eigenvalue weighted by molar-refractivity contribution is -0.0186. The average Bonchev–Trinajstić information content (AvgIpc) is 2.53. The maximum atomic E-state index is 9.82. The van der Waals surface area contributed by atoms with Crippen LogP contribution in [-0.4, -0.2) is 33.3 Å². The van der Waals surface area contributed by atoms with E-state index < -0.39 is 6.10 Å². The zero-order valence-corrected chi connectivity index (χ0v) is 8.14. The summed E-state index contributed by atoms with van der Waals surface area (Å²) in [6, 6.07) is 0. The molecule has 1 heterocycles. The third-order valence-electron chi connectivity index (χ3n) is 2.11. The Balaban J connectivity index is 2.77. The van der Waals surface area contributed by atoms with Crippen LogP contribution in [0.15, 0.2) is 6.20 Å². The normalized spacial score (nSPS) is 15.7. The van der Waals surface area contributed by atoms with Crippen LogP contribution in [0, 0.1) is 0 Å². The van der Waals surface area contributed by atoms with Gasteiger partial charge in [0.2, 0.25) is 0 Å². The highest BCUT2D eigenvalue weighted by molar-refractivity contribution is 5.00. The number of ether oxygens (including phenoxy) is 1. The highest BCUT2D eigenvalue weighted by Gasteiger charge is 2.21. The number of hydrogen-bond donors (Lipinski definition) is 1. The lowest BCUT2D eigenvalue weighted by Gasteiger charge is -2.19. The lowest BCUT2D eigenvalue weighted by Crippen LogP contribution is -2.22. The second kappa shape index (κ2) is 4.34. The van der Waals surface area contributed by atoms with E-state index in [0.717, 1.165) is 6.42 Å². The Morgan fingerprint density at radius 3 is 2.77 bits per heavy atom. The first-order chi connectivity index (χ1) is 6.20. The van der Waals surface area contributed by atoms with Crippen molar-refractivity contribution < 1.29 is 9.84 Å². The third kappa shape index (κ3) is 2.05. The molecule has 0 fully saturated rings. The van der Waals surface area contributed by atoms with Gasteiger partial charge in [-0.25, -0.2) is 4.68 Å². The topological polar surface area (TPSA) is 60.2 Å². The van der Waals surface area contributed by atoms with E-state index in [2.05, 4.69) is 10.3 Å².